The van der Waals surface area contributed by atoms with Crippen LogP contribution in [0.25, 0.3) is 4.96 Å². The molecule has 6 nitrogen and oxygen atoms in total. The second-order valence-electron chi connectivity index (χ2n) is 4.35. The van der Waals surface area contributed by atoms with Gasteiger partial charge in [0.2, 0.25) is 4.96 Å². The summed E-state index contributed by atoms with van der Waals surface area (Å²) >= 11 is 1.54. The first-order valence-electron chi connectivity index (χ1n) is 6.22. The van der Waals surface area contributed by atoms with Gasteiger partial charge in [-0.3, -0.25) is 9.78 Å². The average Bonchev–Trinajstić information content (AvgIpc) is 2.96. The number of pyridine rings is 1. The molecule has 102 valence electrons. The molecule has 3 rings (SSSR count). The Hall–Kier alpha value is -2.28. The van der Waals surface area contributed by atoms with Crippen LogP contribution in [-0.4, -0.2) is 32.0 Å². The van der Waals surface area contributed by atoms with Crippen molar-refractivity contribution in [3.8, 4) is 0 Å². The lowest BCUT2D eigenvalue weighted by molar-refractivity contribution is 0.0954. The molecule has 1 amide bonds. The third-order valence-corrected chi connectivity index (χ3v) is 3.74. The Morgan fingerprint density at radius 1 is 1.50 bits per heavy atom. The van der Waals surface area contributed by atoms with Crippen LogP contribution in [0.5, 0.6) is 0 Å². The molecule has 7 heteroatoms. The van der Waals surface area contributed by atoms with Crippen molar-refractivity contribution >= 4 is 22.2 Å². The van der Waals surface area contributed by atoms with Crippen molar-refractivity contribution in [1.82, 2.24) is 24.9 Å². The summed E-state index contributed by atoms with van der Waals surface area (Å²) in [6, 6.07) is 3.48. The fourth-order valence-corrected chi connectivity index (χ4v) is 2.75. The van der Waals surface area contributed by atoms with E-state index in [0.29, 0.717) is 18.5 Å². The topological polar surface area (TPSA) is 72.2 Å². The fourth-order valence-electron chi connectivity index (χ4n) is 1.83. The minimum Gasteiger partial charge on any atom is -0.352 e. The van der Waals surface area contributed by atoms with Gasteiger partial charge >= 0.3 is 0 Å². The molecule has 0 unspecified atom stereocenters. The van der Waals surface area contributed by atoms with Crippen molar-refractivity contribution in [3.05, 3.63) is 47.0 Å². The van der Waals surface area contributed by atoms with Crippen molar-refractivity contribution in [1.29, 1.82) is 0 Å². The first-order chi connectivity index (χ1) is 9.72. The summed E-state index contributed by atoms with van der Waals surface area (Å²) in [4.78, 5) is 21.0. The minimum atomic E-state index is -0.115. The van der Waals surface area contributed by atoms with Crippen LogP contribution in [0.2, 0.25) is 0 Å². The second-order valence-corrected chi connectivity index (χ2v) is 5.39. The maximum atomic E-state index is 11.8. The first-order valence-corrected chi connectivity index (χ1v) is 7.04. The van der Waals surface area contributed by atoms with Gasteiger partial charge in [-0.05, 0) is 19.1 Å². The van der Waals surface area contributed by atoms with Crippen molar-refractivity contribution in [2.45, 2.75) is 13.3 Å². The van der Waals surface area contributed by atoms with Crippen molar-refractivity contribution in [3.63, 3.8) is 0 Å². The van der Waals surface area contributed by atoms with Gasteiger partial charge in [0.25, 0.3) is 5.91 Å². The SMILES string of the molecule is Cc1cn2nc(CCNC(=O)c3cccnc3)sc2n1. The number of fused-ring (bicyclic) bond motifs is 1. The van der Waals surface area contributed by atoms with E-state index in [9.17, 15) is 4.79 Å². The average molecular weight is 287 g/mol. The van der Waals surface area contributed by atoms with Crippen molar-refractivity contribution < 1.29 is 4.79 Å². The number of imidazole rings is 1. The molecule has 20 heavy (non-hydrogen) atoms. The van der Waals surface area contributed by atoms with E-state index in [1.165, 1.54) is 0 Å². The molecule has 0 saturated carbocycles. The standard InChI is InChI=1S/C13H13N5OS/c1-9-8-18-13(16-9)20-11(17-18)4-6-15-12(19)10-3-2-5-14-7-10/h2-3,5,7-8H,4,6H2,1H3,(H,15,19). The number of amides is 1. The molecule has 3 aromatic heterocycles. The van der Waals surface area contributed by atoms with Gasteiger partial charge in [0.05, 0.1) is 17.5 Å². The van der Waals surface area contributed by atoms with Gasteiger partial charge in [-0.2, -0.15) is 5.10 Å². The Kier molecular flexibility index (Phi) is 3.42. The zero-order valence-electron chi connectivity index (χ0n) is 10.9. The van der Waals surface area contributed by atoms with Crippen LogP contribution in [0, 0.1) is 6.92 Å². The molecule has 3 aromatic rings. The van der Waals surface area contributed by atoms with E-state index in [1.807, 2.05) is 13.1 Å². The maximum absolute atomic E-state index is 11.8. The third kappa shape index (κ3) is 2.67. The highest BCUT2D eigenvalue weighted by Gasteiger charge is 2.08. The van der Waals surface area contributed by atoms with Gasteiger partial charge < -0.3 is 5.32 Å². The second kappa shape index (κ2) is 5.38. The summed E-state index contributed by atoms with van der Waals surface area (Å²) in [5, 5.41) is 8.22. The summed E-state index contributed by atoms with van der Waals surface area (Å²) in [6.45, 7) is 2.48. The van der Waals surface area contributed by atoms with Gasteiger partial charge in [0.15, 0.2) is 0 Å². The highest BCUT2D eigenvalue weighted by molar-refractivity contribution is 7.16. The molecule has 0 aromatic carbocycles. The maximum Gasteiger partial charge on any atom is 0.252 e. The van der Waals surface area contributed by atoms with Gasteiger partial charge in [-0.25, -0.2) is 9.50 Å². The molecule has 0 saturated heterocycles. The number of nitrogens with zero attached hydrogens (tertiary/aromatic N) is 4. The number of aromatic nitrogens is 4. The molecular formula is C13H13N5OS. The predicted molar refractivity (Wildman–Crippen MR) is 75.9 cm³/mol. The quantitative estimate of drug-likeness (QED) is 0.788. The van der Waals surface area contributed by atoms with Crippen LogP contribution in [0.15, 0.2) is 30.7 Å². The lowest BCUT2D eigenvalue weighted by Crippen LogP contribution is -2.25. The van der Waals surface area contributed by atoms with Gasteiger partial charge in [0.1, 0.15) is 5.01 Å². The first kappa shape index (κ1) is 12.7. The Bertz CT molecular complexity index is 702. The van der Waals surface area contributed by atoms with E-state index in [0.717, 1.165) is 15.7 Å². The number of carbonyl (C=O) groups excluding carboxylic acids is 1. The highest BCUT2D eigenvalue weighted by atomic mass is 32.1. The van der Waals surface area contributed by atoms with Gasteiger partial charge in [-0.1, -0.05) is 11.3 Å². The largest absolute Gasteiger partial charge is 0.352 e. The molecule has 0 bridgehead atoms. The number of aryl methyl sites for hydroxylation is 1. The number of nitrogens with one attached hydrogen (secondary N) is 1. The molecular weight excluding hydrogens is 274 g/mol. The van der Waals surface area contributed by atoms with E-state index in [1.54, 1.807) is 40.4 Å². The molecule has 0 atom stereocenters. The van der Waals surface area contributed by atoms with E-state index < -0.39 is 0 Å². The molecule has 0 aliphatic heterocycles. The van der Waals surface area contributed by atoms with Crippen LogP contribution >= 0.6 is 11.3 Å². The van der Waals surface area contributed by atoms with Crippen LogP contribution in [0.4, 0.5) is 0 Å². The van der Waals surface area contributed by atoms with E-state index in [4.69, 9.17) is 0 Å². The van der Waals surface area contributed by atoms with Crippen LogP contribution < -0.4 is 5.32 Å². The third-order valence-electron chi connectivity index (χ3n) is 2.75. The molecule has 0 aliphatic carbocycles. The number of hydrogen-bond acceptors (Lipinski definition) is 5. The van der Waals surface area contributed by atoms with E-state index in [-0.39, 0.29) is 5.91 Å². The van der Waals surface area contributed by atoms with E-state index >= 15 is 0 Å². The summed E-state index contributed by atoms with van der Waals surface area (Å²) in [5.74, 6) is -0.115. The summed E-state index contributed by atoms with van der Waals surface area (Å²) in [6.07, 6.45) is 5.78. The van der Waals surface area contributed by atoms with Gasteiger partial charge in [0, 0.05) is 25.4 Å². The fraction of sp³-hybridized carbons (Fsp3) is 0.231. The smallest absolute Gasteiger partial charge is 0.252 e. The molecule has 0 radical (unpaired) electrons. The van der Waals surface area contributed by atoms with Crippen LogP contribution in [0.1, 0.15) is 21.1 Å². The molecule has 3 heterocycles. The summed E-state index contributed by atoms with van der Waals surface area (Å²) in [5.41, 5.74) is 1.53. The highest BCUT2D eigenvalue weighted by Crippen LogP contribution is 2.14. The molecule has 0 aliphatic rings. The van der Waals surface area contributed by atoms with Crippen molar-refractivity contribution in [2.75, 3.05) is 6.54 Å². The summed E-state index contributed by atoms with van der Waals surface area (Å²) < 4.78 is 1.78. The van der Waals surface area contributed by atoms with Crippen LogP contribution in [-0.2, 0) is 6.42 Å². The minimum absolute atomic E-state index is 0.115. The Balaban J connectivity index is 1.57. The zero-order chi connectivity index (χ0) is 13.9. The monoisotopic (exact) mass is 287 g/mol. The lowest BCUT2D eigenvalue weighted by Gasteiger charge is -2.02. The Morgan fingerprint density at radius 2 is 2.40 bits per heavy atom. The number of rotatable bonds is 4. The Labute approximate surface area is 119 Å². The lowest BCUT2D eigenvalue weighted by atomic mass is 10.2. The number of hydrogen-bond donors (Lipinski definition) is 1. The number of carbonyl (C=O) groups is 1. The normalized spacial score (nSPS) is 10.8. The zero-order valence-corrected chi connectivity index (χ0v) is 11.7. The van der Waals surface area contributed by atoms with Crippen LogP contribution in [0.3, 0.4) is 0 Å². The molecule has 0 fully saturated rings. The predicted octanol–water partition coefficient (Wildman–Crippen LogP) is 1.47. The van der Waals surface area contributed by atoms with Gasteiger partial charge in [-0.15, -0.1) is 0 Å². The summed E-state index contributed by atoms with van der Waals surface area (Å²) in [7, 11) is 0. The molecule has 0 spiro atoms. The van der Waals surface area contributed by atoms with Crippen molar-refractivity contribution in [2.24, 2.45) is 0 Å². The molecule has 1 N–H and O–H groups in total. The Morgan fingerprint density at radius 3 is 3.15 bits per heavy atom. The van der Waals surface area contributed by atoms with E-state index in [2.05, 4.69) is 20.4 Å².